The van der Waals surface area contributed by atoms with Crippen molar-refractivity contribution in [1.82, 2.24) is 0 Å². The summed E-state index contributed by atoms with van der Waals surface area (Å²) in [6.07, 6.45) is 1.11. The van der Waals surface area contributed by atoms with E-state index in [1.165, 1.54) is 7.11 Å². The minimum atomic E-state index is -0.761. The third kappa shape index (κ3) is 5.88. The highest BCUT2D eigenvalue weighted by Gasteiger charge is 2.37. The summed E-state index contributed by atoms with van der Waals surface area (Å²) < 4.78 is 10.2. The van der Waals surface area contributed by atoms with Gasteiger partial charge in [-0.05, 0) is 46.1 Å². The van der Waals surface area contributed by atoms with Gasteiger partial charge in [-0.25, -0.2) is 0 Å². The number of esters is 2. The van der Waals surface area contributed by atoms with E-state index in [0.717, 1.165) is 5.56 Å². The first-order valence-electron chi connectivity index (χ1n) is 7.50. The summed E-state index contributed by atoms with van der Waals surface area (Å²) in [4.78, 5) is 24.1. The Labute approximate surface area is 132 Å². The lowest BCUT2D eigenvalue weighted by Gasteiger charge is -2.31. The number of carbonyl (C=O) groups excluding carboxylic acids is 2. The van der Waals surface area contributed by atoms with E-state index >= 15 is 0 Å². The van der Waals surface area contributed by atoms with Gasteiger partial charge in [-0.2, -0.15) is 0 Å². The van der Waals surface area contributed by atoms with Crippen molar-refractivity contribution in [3.63, 3.8) is 0 Å². The van der Waals surface area contributed by atoms with Crippen molar-refractivity contribution >= 4 is 11.9 Å². The molecular weight excluding hydrogens is 280 g/mol. The number of carbonyl (C=O) groups is 2. The van der Waals surface area contributed by atoms with Crippen molar-refractivity contribution in [2.75, 3.05) is 7.11 Å². The second-order valence-corrected chi connectivity index (χ2v) is 6.80. The molecule has 0 saturated heterocycles. The Kier molecular flexibility index (Phi) is 6.15. The molecule has 122 valence electrons. The van der Waals surface area contributed by atoms with Gasteiger partial charge in [0.05, 0.1) is 12.5 Å². The van der Waals surface area contributed by atoms with Crippen LogP contribution in [0.15, 0.2) is 30.3 Å². The Morgan fingerprint density at radius 3 is 2.14 bits per heavy atom. The molecule has 1 aromatic rings. The molecule has 22 heavy (non-hydrogen) atoms. The minimum Gasteiger partial charge on any atom is -0.469 e. The first kappa shape index (κ1) is 18.2. The maximum atomic E-state index is 12.6. The van der Waals surface area contributed by atoms with Gasteiger partial charge < -0.3 is 9.47 Å². The van der Waals surface area contributed by atoms with Crippen molar-refractivity contribution in [2.24, 2.45) is 5.41 Å². The predicted octanol–water partition coefficient (Wildman–Crippen LogP) is 3.53. The molecule has 1 atom stereocenters. The maximum Gasteiger partial charge on any atom is 0.312 e. The van der Waals surface area contributed by atoms with E-state index < -0.39 is 11.0 Å². The van der Waals surface area contributed by atoms with Crippen LogP contribution in [0.5, 0.6) is 0 Å². The first-order chi connectivity index (χ1) is 10.2. The zero-order chi connectivity index (χ0) is 16.8. The van der Waals surface area contributed by atoms with Crippen LogP contribution in [0.3, 0.4) is 0 Å². The Morgan fingerprint density at radius 2 is 1.64 bits per heavy atom. The zero-order valence-corrected chi connectivity index (χ0v) is 14.1. The first-order valence-corrected chi connectivity index (χ1v) is 7.50. The second kappa shape index (κ2) is 7.43. The van der Waals surface area contributed by atoms with E-state index in [-0.39, 0.29) is 18.4 Å². The standard InChI is InChI=1S/C18H26O4/c1-17(2,3)22-16(20)18(4,12-11-15(19)21-5)13-14-9-7-6-8-10-14/h6-10H,11-13H2,1-5H3/t18-/m1/s1. The number of methoxy groups -OCH3 is 1. The van der Waals surface area contributed by atoms with Crippen LogP contribution in [-0.4, -0.2) is 24.6 Å². The lowest BCUT2D eigenvalue weighted by molar-refractivity contribution is -0.167. The Hall–Kier alpha value is -1.84. The molecule has 0 aromatic heterocycles. The molecule has 4 nitrogen and oxygen atoms in total. The van der Waals surface area contributed by atoms with Gasteiger partial charge in [-0.3, -0.25) is 9.59 Å². The summed E-state index contributed by atoms with van der Waals surface area (Å²) in [5.74, 6) is -0.601. The van der Waals surface area contributed by atoms with Crippen LogP contribution in [0.2, 0.25) is 0 Å². The predicted molar refractivity (Wildman–Crippen MR) is 85.3 cm³/mol. The summed E-state index contributed by atoms with van der Waals surface area (Å²) >= 11 is 0. The molecule has 0 bridgehead atoms. The monoisotopic (exact) mass is 306 g/mol. The van der Waals surface area contributed by atoms with Gasteiger partial charge in [0.2, 0.25) is 0 Å². The van der Waals surface area contributed by atoms with E-state index in [4.69, 9.17) is 4.74 Å². The van der Waals surface area contributed by atoms with E-state index in [0.29, 0.717) is 12.8 Å². The third-order valence-electron chi connectivity index (χ3n) is 3.44. The Bertz CT molecular complexity index is 502. The molecule has 0 unspecified atom stereocenters. The summed E-state index contributed by atoms with van der Waals surface area (Å²) in [5.41, 5.74) is -0.274. The van der Waals surface area contributed by atoms with E-state index in [1.807, 2.05) is 58.0 Å². The molecule has 1 aromatic carbocycles. The Balaban J connectivity index is 2.92. The molecule has 0 N–H and O–H groups in total. The summed E-state index contributed by atoms with van der Waals surface area (Å²) in [6, 6.07) is 9.75. The second-order valence-electron chi connectivity index (χ2n) is 6.80. The molecular formula is C18H26O4. The topological polar surface area (TPSA) is 52.6 Å². The van der Waals surface area contributed by atoms with Crippen molar-refractivity contribution in [1.29, 1.82) is 0 Å². The van der Waals surface area contributed by atoms with Gasteiger partial charge in [0.1, 0.15) is 5.60 Å². The van der Waals surface area contributed by atoms with Crippen LogP contribution in [0.25, 0.3) is 0 Å². The highest BCUT2D eigenvalue weighted by molar-refractivity contribution is 5.78. The van der Waals surface area contributed by atoms with Crippen LogP contribution in [0.4, 0.5) is 0 Å². The average Bonchev–Trinajstić information content (AvgIpc) is 2.44. The lowest BCUT2D eigenvalue weighted by Crippen LogP contribution is -2.37. The number of benzene rings is 1. The van der Waals surface area contributed by atoms with Gasteiger partial charge in [0.25, 0.3) is 0 Å². The van der Waals surface area contributed by atoms with Crippen molar-refractivity contribution in [2.45, 2.75) is 52.6 Å². The SMILES string of the molecule is COC(=O)CC[C@](C)(Cc1ccccc1)C(=O)OC(C)(C)C. The highest BCUT2D eigenvalue weighted by Crippen LogP contribution is 2.32. The fourth-order valence-electron chi connectivity index (χ4n) is 2.19. The smallest absolute Gasteiger partial charge is 0.312 e. The molecule has 0 amide bonds. The highest BCUT2D eigenvalue weighted by atomic mass is 16.6. The average molecular weight is 306 g/mol. The van der Waals surface area contributed by atoms with E-state index in [9.17, 15) is 9.59 Å². The van der Waals surface area contributed by atoms with Crippen LogP contribution >= 0.6 is 0 Å². The van der Waals surface area contributed by atoms with Gasteiger partial charge in [-0.15, -0.1) is 0 Å². The van der Waals surface area contributed by atoms with Gasteiger partial charge >= 0.3 is 11.9 Å². The van der Waals surface area contributed by atoms with Gasteiger partial charge in [0, 0.05) is 6.42 Å². The molecule has 0 saturated carbocycles. The molecule has 0 fully saturated rings. The Morgan fingerprint density at radius 1 is 1.05 bits per heavy atom. The fraction of sp³-hybridized carbons (Fsp3) is 0.556. The lowest BCUT2D eigenvalue weighted by atomic mass is 9.79. The summed E-state index contributed by atoms with van der Waals surface area (Å²) in [6.45, 7) is 7.37. The summed E-state index contributed by atoms with van der Waals surface area (Å²) in [7, 11) is 1.35. The van der Waals surface area contributed by atoms with E-state index in [2.05, 4.69) is 4.74 Å². The molecule has 0 aliphatic heterocycles. The van der Waals surface area contributed by atoms with Crippen LogP contribution in [0, 0.1) is 5.41 Å². The number of rotatable bonds is 6. The zero-order valence-electron chi connectivity index (χ0n) is 14.1. The van der Waals surface area contributed by atoms with Crippen LogP contribution in [0.1, 0.15) is 46.1 Å². The van der Waals surface area contributed by atoms with Crippen molar-refractivity contribution in [3.05, 3.63) is 35.9 Å². The van der Waals surface area contributed by atoms with Gasteiger partial charge in [-0.1, -0.05) is 30.3 Å². The van der Waals surface area contributed by atoms with Crippen molar-refractivity contribution < 1.29 is 19.1 Å². The number of hydrogen-bond donors (Lipinski definition) is 0. The van der Waals surface area contributed by atoms with Crippen LogP contribution < -0.4 is 0 Å². The normalized spacial score (nSPS) is 14.0. The van der Waals surface area contributed by atoms with E-state index in [1.54, 1.807) is 0 Å². The molecule has 0 spiro atoms. The molecule has 0 aliphatic carbocycles. The minimum absolute atomic E-state index is 0.194. The van der Waals surface area contributed by atoms with Gasteiger partial charge in [0.15, 0.2) is 0 Å². The number of ether oxygens (including phenoxy) is 2. The number of hydrogen-bond acceptors (Lipinski definition) is 4. The maximum absolute atomic E-state index is 12.6. The quantitative estimate of drug-likeness (QED) is 0.754. The molecule has 0 heterocycles. The molecule has 4 heteroatoms. The molecule has 1 rings (SSSR count). The van der Waals surface area contributed by atoms with Crippen molar-refractivity contribution in [3.8, 4) is 0 Å². The molecule has 0 radical (unpaired) electrons. The fourth-order valence-corrected chi connectivity index (χ4v) is 2.19. The molecule has 0 aliphatic rings. The largest absolute Gasteiger partial charge is 0.469 e. The van der Waals surface area contributed by atoms with Crippen LogP contribution in [-0.2, 0) is 25.5 Å². The third-order valence-corrected chi connectivity index (χ3v) is 3.44. The summed E-state index contributed by atoms with van der Waals surface area (Å²) in [5, 5.41) is 0.